The van der Waals surface area contributed by atoms with Gasteiger partial charge in [-0.3, -0.25) is 0 Å². The summed E-state index contributed by atoms with van der Waals surface area (Å²) in [5.74, 6) is 0.788. The highest BCUT2D eigenvalue weighted by atomic mass is 35.5. The molecule has 0 unspecified atom stereocenters. The van der Waals surface area contributed by atoms with Gasteiger partial charge in [-0.2, -0.15) is 0 Å². The molecule has 0 fully saturated rings. The Bertz CT molecular complexity index is 510. The molecule has 86 valence electrons. The third-order valence-electron chi connectivity index (χ3n) is 2.77. The molecule has 0 radical (unpaired) electrons. The van der Waals surface area contributed by atoms with Gasteiger partial charge in [0.25, 0.3) is 0 Å². The van der Waals surface area contributed by atoms with Crippen LogP contribution in [0.25, 0.3) is 11.0 Å². The molecule has 3 heteroatoms. The minimum atomic E-state index is -0.129. The second-order valence-corrected chi connectivity index (χ2v) is 5.55. The van der Waals surface area contributed by atoms with E-state index in [4.69, 9.17) is 21.8 Å². The Labute approximate surface area is 100 Å². The monoisotopic (exact) mass is 237 g/mol. The molecule has 0 amide bonds. The highest BCUT2D eigenvalue weighted by molar-refractivity contribution is 6.35. The van der Waals surface area contributed by atoms with Gasteiger partial charge in [-0.25, -0.2) is 0 Å². The topological polar surface area (TPSA) is 39.2 Å². The van der Waals surface area contributed by atoms with Gasteiger partial charge in [0.05, 0.1) is 11.1 Å². The van der Waals surface area contributed by atoms with Crippen molar-refractivity contribution in [2.24, 2.45) is 11.1 Å². The minimum absolute atomic E-state index is 0.0274. The van der Waals surface area contributed by atoms with Crippen molar-refractivity contribution in [3.05, 3.63) is 35.0 Å². The smallest absolute Gasteiger partial charge is 0.135 e. The van der Waals surface area contributed by atoms with E-state index in [0.29, 0.717) is 5.02 Å². The normalized spacial score (nSPS) is 14.3. The Balaban J connectivity index is 2.52. The molecule has 2 N–H and O–H groups in total. The van der Waals surface area contributed by atoms with E-state index in [1.54, 1.807) is 0 Å². The standard InChI is InChI=1S/C13H16ClNO/c1-13(2,3)12(15)11-7-8-9(14)5-4-6-10(8)16-11/h4-7,12H,15H2,1-3H3/t12-/m1/s1. The molecule has 16 heavy (non-hydrogen) atoms. The van der Waals surface area contributed by atoms with Gasteiger partial charge in [-0.15, -0.1) is 0 Å². The van der Waals surface area contributed by atoms with Crippen molar-refractivity contribution in [2.75, 3.05) is 0 Å². The van der Waals surface area contributed by atoms with Crippen molar-refractivity contribution >= 4 is 22.6 Å². The number of fused-ring (bicyclic) bond motifs is 1. The zero-order chi connectivity index (χ0) is 11.9. The van der Waals surface area contributed by atoms with E-state index < -0.39 is 0 Å². The molecule has 0 saturated carbocycles. The summed E-state index contributed by atoms with van der Waals surface area (Å²) in [6, 6.07) is 7.44. The Morgan fingerprint density at radius 2 is 2.00 bits per heavy atom. The Morgan fingerprint density at radius 1 is 1.31 bits per heavy atom. The van der Waals surface area contributed by atoms with Crippen LogP contribution < -0.4 is 5.73 Å². The van der Waals surface area contributed by atoms with Gasteiger partial charge in [0.1, 0.15) is 11.3 Å². The quantitative estimate of drug-likeness (QED) is 0.810. The van der Waals surface area contributed by atoms with Crippen LogP contribution >= 0.6 is 11.6 Å². The fourth-order valence-electron chi connectivity index (χ4n) is 1.63. The van der Waals surface area contributed by atoms with Crippen LogP contribution in [0, 0.1) is 5.41 Å². The molecule has 0 aliphatic carbocycles. The SMILES string of the molecule is CC(C)(C)[C@H](N)c1cc2c(Cl)cccc2o1. The van der Waals surface area contributed by atoms with Crippen molar-refractivity contribution in [3.63, 3.8) is 0 Å². The molecule has 0 saturated heterocycles. The first kappa shape index (κ1) is 11.5. The third kappa shape index (κ3) is 1.95. The largest absolute Gasteiger partial charge is 0.459 e. The lowest BCUT2D eigenvalue weighted by atomic mass is 9.86. The maximum Gasteiger partial charge on any atom is 0.135 e. The molecule has 1 aromatic carbocycles. The Kier molecular flexibility index (Phi) is 2.72. The summed E-state index contributed by atoms with van der Waals surface area (Å²) in [6.45, 7) is 6.27. The predicted molar refractivity (Wildman–Crippen MR) is 67.6 cm³/mol. The summed E-state index contributed by atoms with van der Waals surface area (Å²) in [5, 5.41) is 1.63. The summed E-state index contributed by atoms with van der Waals surface area (Å²) in [6.07, 6.45) is 0. The Hall–Kier alpha value is -0.990. The van der Waals surface area contributed by atoms with Gasteiger partial charge in [-0.1, -0.05) is 38.4 Å². The first-order valence-corrected chi connectivity index (χ1v) is 5.71. The Morgan fingerprint density at radius 3 is 2.56 bits per heavy atom. The van der Waals surface area contributed by atoms with Crippen molar-refractivity contribution in [1.29, 1.82) is 0 Å². The van der Waals surface area contributed by atoms with Crippen LogP contribution in [0.2, 0.25) is 5.02 Å². The fourth-order valence-corrected chi connectivity index (χ4v) is 1.85. The molecule has 2 rings (SSSR count). The van der Waals surface area contributed by atoms with Crippen molar-refractivity contribution < 1.29 is 4.42 Å². The predicted octanol–water partition coefficient (Wildman–Crippen LogP) is 4.13. The van der Waals surface area contributed by atoms with E-state index >= 15 is 0 Å². The summed E-state index contributed by atoms with van der Waals surface area (Å²) >= 11 is 6.09. The number of furan rings is 1. The first-order valence-electron chi connectivity index (χ1n) is 5.33. The summed E-state index contributed by atoms with van der Waals surface area (Å²) in [5.41, 5.74) is 6.92. The molecule has 0 spiro atoms. The lowest BCUT2D eigenvalue weighted by Crippen LogP contribution is -2.25. The summed E-state index contributed by atoms with van der Waals surface area (Å²) < 4.78 is 5.73. The van der Waals surface area contributed by atoms with Crippen LogP contribution in [0.5, 0.6) is 0 Å². The lowest BCUT2D eigenvalue weighted by Gasteiger charge is -2.24. The maximum atomic E-state index is 6.15. The first-order chi connectivity index (χ1) is 7.39. The maximum absolute atomic E-state index is 6.15. The van der Waals surface area contributed by atoms with Crippen molar-refractivity contribution in [2.45, 2.75) is 26.8 Å². The highest BCUT2D eigenvalue weighted by Gasteiger charge is 2.25. The molecule has 0 aliphatic rings. The van der Waals surface area contributed by atoms with Crippen molar-refractivity contribution in [3.8, 4) is 0 Å². The van der Waals surface area contributed by atoms with Gasteiger partial charge >= 0.3 is 0 Å². The number of rotatable bonds is 1. The number of hydrogen-bond acceptors (Lipinski definition) is 2. The average molecular weight is 238 g/mol. The number of nitrogens with two attached hydrogens (primary N) is 1. The van der Waals surface area contributed by atoms with Crippen LogP contribution in [0.4, 0.5) is 0 Å². The molecule has 2 nitrogen and oxygen atoms in total. The van der Waals surface area contributed by atoms with E-state index in [2.05, 4.69) is 20.8 Å². The van der Waals surface area contributed by atoms with E-state index in [9.17, 15) is 0 Å². The third-order valence-corrected chi connectivity index (χ3v) is 3.10. The molecule has 1 heterocycles. The van der Waals surface area contributed by atoms with Crippen molar-refractivity contribution in [1.82, 2.24) is 0 Å². The van der Waals surface area contributed by atoms with Gasteiger partial charge in [-0.05, 0) is 23.6 Å². The van der Waals surface area contributed by atoms with E-state index in [1.165, 1.54) is 0 Å². The second kappa shape index (κ2) is 3.79. The zero-order valence-electron chi connectivity index (χ0n) is 9.75. The number of benzene rings is 1. The van der Waals surface area contributed by atoms with Gasteiger partial charge in [0.2, 0.25) is 0 Å². The molecule has 0 bridgehead atoms. The average Bonchev–Trinajstić information content (AvgIpc) is 2.60. The van der Waals surface area contributed by atoms with E-state index in [-0.39, 0.29) is 11.5 Å². The van der Waals surface area contributed by atoms with E-state index in [0.717, 1.165) is 16.7 Å². The second-order valence-electron chi connectivity index (χ2n) is 5.14. The van der Waals surface area contributed by atoms with Gasteiger partial charge < -0.3 is 10.2 Å². The van der Waals surface area contributed by atoms with Gasteiger partial charge in [0.15, 0.2) is 0 Å². The summed E-state index contributed by atoms with van der Waals surface area (Å²) in [7, 11) is 0. The summed E-state index contributed by atoms with van der Waals surface area (Å²) in [4.78, 5) is 0. The van der Waals surface area contributed by atoms with Crippen LogP contribution in [-0.2, 0) is 0 Å². The molecule has 0 aliphatic heterocycles. The lowest BCUT2D eigenvalue weighted by molar-refractivity contribution is 0.290. The van der Waals surface area contributed by atoms with Crippen LogP contribution in [0.3, 0.4) is 0 Å². The fraction of sp³-hybridized carbons (Fsp3) is 0.385. The zero-order valence-corrected chi connectivity index (χ0v) is 10.5. The van der Waals surface area contributed by atoms with Crippen LogP contribution in [0.1, 0.15) is 32.6 Å². The molecule has 1 atom stereocenters. The molecular weight excluding hydrogens is 222 g/mol. The molecular formula is C13H16ClNO. The molecule has 1 aromatic heterocycles. The number of hydrogen-bond donors (Lipinski definition) is 1. The van der Waals surface area contributed by atoms with Crippen LogP contribution in [-0.4, -0.2) is 0 Å². The molecule has 2 aromatic rings. The highest BCUT2D eigenvalue weighted by Crippen LogP contribution is 2.35. The minimum Gasteiger partial charge on any atom is -0.459 e. The van der Waals surface area contributed by atoms with Gasteiger partial charge in [0, 0.05) is 5.39 Å². The number of halogens is 1. The van der Waals surface area contributed by atoms with E-state index in [1.807, 2.05) is 24.3 Å². The van der Waals surface area contributed by atoms with Crippen LogP contribution in [0.15, 0.2) is 28.7 Å².